The molecule has 0 aliphatic carbocycles. The summed E-state index contributed by atoms with van der Waals surface area (Å²) in [6.07, 6.45) is -0.889. The molecule has 4 heteroatoms. The summed E-state index contributed by atoms with van der Waals surface area (Å²) < 4.78 is 18.2. The van der Waals surface area contributed by atoms with Gasteiger partial charge in [0.2, 0.25) is 5.78 Å². The largest absolute Gasteiger partial charge is 0.463 e. The van der Waals surface area contributed by atoms with Gasteiger partial charge in [0, 0.05) is 5.56 Å². The maximum Gasteiger partial charge on any atom is 0.349 e. The Balaban J connectivity index is 2.76. The lowest BCUT2D eigenvalue weighted by Crippen LogP contribution is -2.28. The third kappa shape index (κ3) is 3.65. The molecule has 0 N–H and O–H groups in total. The lowest BCUT2D eigenvalue weighted by atomic mass is 10.0. The molecule has 1 aromatic rings. The van der Waals surface area contributed by atoms with E-state index in [4.69, 9.17) is 0 Å². The molecule has 1 aromatic carbocycles. The molecule has 0 saturated carbocycles. The Morgan fingerprint density at radius 1 is 1.33 bits per heavy atom. The van der Waals surface area contributed by atoms with Crippen molar-refractivity contribution < 1.29 is 18.7 Å². The first-order valence-electron chi connectivity index (χ1n) is 6.04. The molecule has 0 amide bonds. The summed E-state index contributed by atoms with van der Waals surface area (Å²) in [7, 11) is 0. The van der Waals surface area contributed by atoms with Crippen molar-refractivity contribution in [1.82, 2.24) is 0 Å². The number of halogens is 1. The van der Waals surface area contributed by atoms with Crippen LogP contribution < -0.4 is 0 Å². The number of carbonyl (C=O) groups excluding carboxylic acids is 2. The molecule has 1 atom stereocenters. The molecule has 0 fully saturated rings. The Hall–Kier alpha value is -1.71. The van der Waals surface area contributed by atoms with E-state index in [1.54, 1.807) is 19.1 Å². The van der Waals surface area contributed by atoms with Crippen LogP contribution in [0.2, 0.25) is 0 Å². The molecule has 0 saturated heterocycles. The highest BCUT2D eigenvalue weighted by Crippen LogP contribution is 2.11. The van der Waals surface area contributed by atoms with E-state index in [1.807, 2.05) is 13.0 Å². The summed E-state index contributed by atoms with van der Waals surface area (Å²) in [5, 5.41) is 0. The van der Waals surface area contributed by atoms with Crippen molar-refractivity contribution in [1.29, 1.82) is 0 Å². The molecular weight excluding hydrogens is 235 g/mol. The number of hydrogen-bond acceptors (Lipinski definition) is 3. The summed E-state index contributed by atoms with van der Waals surface area (Å²) >= 11 is 0. The maximum absolute atomic E-state index is 13.6. The SMILES string of the molecule is CCCOC(=O)C(F)C(=O)c1cccc(CC)c1. The minimum absolute atomic E-state index is 0.127. The molecule has 1 rings (SSSR count). The van der Waals surface area contributed by atoms with Crippen LogP contribution in [0.4, 0.5) is 4.39 Å². The Morgan fingerprint density at radius 3 is 2.67 bits per heavy atom. The van der Waals surface area contributed by atoms with Gasteiger partial charge in [0.25, 0.3) is 6.17 Å². The van der Waals surface area contributed by atoms with E-state index in [-0.39, 0.29) is 12.2 Å². The first-order valence-corrected chi connectivity index (χ1v) is 6.04. The van der Waals surface area contributed by atoms with Crippen molar-refractivity contribution in [2.75, 3.05) is 6.61 Å². The zero-order chi connectivity index (χ0) is 13.5. The van der Waals surface area contributed by atoms with Crippen LogP contribution in [0.5, 0.6) is 0 Å². The number of alkyl halides is 1. The number of aryl methyl sites for hydroxylation is 1. The van der Waals surface area contributed by atoms with E-state index in [1.165, 1.54) is 6.07 Å². The Morgan fingerprint density at radius 2 is 2.06 bits per heavy atom. The third-order valence-corrected chi connectivity index (χ3v) is 2.51. The first kappa shape index (κ1) is 14.4. The topological polar surface area (TPSA) is 43.4 Å². The van der Waals surface area contributed by atoms with Gasteiger partial charge in [0.15, 0.2) is 0 Å². The van der Waals surface area contributed by atoms with E-state index in [2.05, 4.69) is 4.74 Å². The highest BCUT2D eigenvalue weighted by molar-refractivity contribution is 6.11. The number of ketones is 1. The zero-order valence-electron chi connectivity index (χ0n) is 10.6. The van der Waals surface area contributed by atoms with Gasteiger partial charge in [0.05, 0.1) is 6.61 Å². The highest BCUT2D eigenvalue weighted by Gasteiger charge is 2.28. The van der Waals surface area contributed by atoms with Gasteiger partial charge in [-0.1, -0.05) is 32.0 Å². The summed E-state index contributed by atoms with van der Waals surface area (Å²) in [5.41, 5.74) is 1.13. The second kappa shape index (κ2) is 6.89. The molecule has 0 aromatic heterocycles. The molecular formula is C14H17FO3. The smallest absolute Gasteiger partial charge is 0.349 e. The normalized spacial score (nSPS) is 11.9. The van der Waals surface area contributed by atoms with Crippen molar-refractivity contribution in [2.45, 2.75) is 32.9 Å². The quantitative estimate of drug-likeness (QED) is 0.444. The van der Waals surface area contributed by atoms with Crippen LogP contribution in [-0.4, -0.2) is 24.5 Å². The van der Waals surface area contributed by atoms with Gasteiger partial charge in [-0.05, 0) is 24.5 Å². The van der Waals surface area contributed by atoms with E-state index in [9.17, 15) is 14.0 Å². The number of Topliss-reactive ketones (excluding diaryl/α,β-unsaturated/α-hetero) is 1. The molecule has 3 nitrogen and oxygen atoms in total. The second-order valence-corrected chi connectivity index (χ2v) is 3.95. The van der Waals surface area contributed by atoms with Crippen LogP contribution in [0.15, 0.2) is 24.3 Å². The van der Waals surface area contributed by atoms with Crippen LogP contribution in [0, 0.1) is 0 Å². The number of carbonyl (C=O) groups is 2. The minimum Gasteiger partial charge on any atom is -0.463 e. The van der Waals surface area contributed by atoms with Gasteiger partial charge >= 0.3 is 5.97 Å². The maximum atomic E-state index is 13.6. The average Bonchev–Trinajstić information content (AvgIpc) is 2.43. The van der Waals surface area contributed by atoms with Crippen LogP contribution >= 0.6 is 0 Å². The molecule has 0 radical (unpaired) electrons. The molecule has 0 heterocycles. The second-order valence-electron chi connectivity index (χ2n) is 3.95. The Labute approximate surface area is 106 Å². The van der Waals surface area contributed by atoms with Crippen LogP contribution in [0.25, 0.3) is 0 Å². The Kier molecular flexibility index (Phi) is 5.49. The average molecular weight is 252 g/mol. The van der Waals surface area contributed by atoms with Crippen molar-refractivity contribution in [3.8, 4) is 0 Å². The number of benzene rings is 1. The molecule has 98 valence electrons. The molecule has 1 unspecified atom stereocenters. The highest BCUT2D eigenvalue weighted by atomic mass is 19.1. The van der Waals surface area contributed by atoms with Gasteiger partial charge in [-0.15, -0.1) is 0 Å². The third-order valence-electron chi connectivity index (χ3n) is 2.51. The van der Waals surface area contributed by atoms with Gasteiger partial charge in [-0.3, -0.25) is 4.79 Å². The van der Waals surface area contributed by atoms with E-state index < -0.39 is 17.9 Å². The molecule has 0 bridgehead atoms. The predicted octanol–water partition coefficient (Wildman–Crippen LogP) is 2.72. The van der Waals surface area contributed by atoms with E-state index in [0.29, 0.717) is 6.42 Å². The molecule has 18 heavy (non-hydrogen) atoms. The number of esters is 1. The van der Waals surface area contributed by atoms with Gasteiger partial charge < -0.3 is 4.74 Å². The van der Waals surface area contributed by atoms with Gasteiger partial charge in [-0.25, -0.2) is 9.18 Å². The Bertz CT molecular complexity index is 429. The monoisotopic (exact) mass is 252 g/mol. The minimum atomic E-state index is -2.23. The number of hydrogen-bond donors (Lipinski definition) is 0. The summed E-state index contributed by atoms with van der Waals surface area (Å²) in [5.74, 6) is -1.95. The summed E-state index contributed by atoms with van der Waals surface area (Å²) in [4.78, 5) is 23.0. The van der Waals surface area contributed by atoms with E-state index in [0.717, 1.165) is 12.0 Å². The fourth-order valence-corrected chi connectivity index (χ4v) is 1.47. The van der Waals surface area contributed by atoms with E-state index >= 15 is 0 Å². The van der Waals surface area contributed by atoms with Crippen molar-refractivity contribution in [3.63, 3.8) is 0 Å². The van der Waals surface area contributed by atoms with Crippen molar-refractivity contribution >= 4 is 11.8 Å². The van der Waals surface area contributed by atoms with Crippen molar-refractivity contribution in [3.05, 3.63) is 35.4 Å². The summed E-state index contributed by atoms with van der Waals surface area (Å²) in [6.45, 7) is 3.86. The number of rotatable bonds is 6. The van der Waals surface area contributed by atoms with Crippen LogP contribution in [0.1, 0.15) is 36.2 Å². The van der Waals surface area contributed by atoms with Crippen LogP contribution in [0.3, 0.4) is 0 Å². The van der Waals surface area contributed by atoms with Gasteiger partial charge in [-0.2, -0.15) is 0 Å². The fourth-order valence-electron chi connectivity index (χ4n) is 1.47. The van der Waals surface area contributed by atoms with Gasteiger partial charge in [0.1, 0.15) is 0 Å². The first-order chi connectivity index (χ1) is 8.60. The number of ether oxygens (including phenoxy) is 1. The lowest BCUT2D eigenvalue weighted by Gasteiger charge is -2.08. The zero-order valence-corrected chi connectivity index (χ0v) is 10.6. The fraction of sp³-hybridized carbons (Fsp3) is 0.429. The standard InChI is InChI=1S/C14H17FO3/c1-3-8-18-14(17)12(15)13(16)11-7-5-6-10(4-2)9-11/h5-7,9,12H,3-4,8H2,1-2H3. The lowest BCUT2D eigenvalue weighted by molar-refractivity contribution is -0.147. The van der Waals surface area contributed by atoms with Crippen LogP contribution in [-0.2, 0) is 16.0 Å². The molecule has 0 aliphatic heterocycles. The molecule has 0 aliphatic rings. The predicted molar refractivity (Wildman–Crippen MR) is 66.3 cm³/mol. The molecule has 0 spiro atoms. The summed E-state index contributed by atoms with van der Waals surface area (Å²) in [6, 6.07) is 6.62. The van der Waals surface area contributed by atoms with Crippen molar-refractivity contribution in [2.24, 2.45) is 0 Å².